The Morgan fingerprint density at radius 1 is 0.558 bits per heavy atom. The molecular formula is C49H64N2O. The Morgan fingerprint density at radius 3 is 1.54 bits per heavy atom. The van der Waals surface area contributed by atoms with E-state index in [9.17, 15) is 5.11 Å². The summed E-state index contributed by atoms with van der Waals surface area (Å²) in [5.41, 5.74) is 10.7. The Labute approximate surface area is 314 Å². The van der Waals surface area contributed by atoms with E-state index in [1.807, 2.05) is 24.2 Å². The van der Waals surface area contributed by atoms with Crippen LogP contribution < -0.4 is 0 Å². The fourth-order valence-electron chi connectivity index (χ4n) is 14.6. The summed E-state index contributed by atoms with van der Waals surface area (Å²) in [6.07, 6.45) is 35.8. The van der Waals surface area contributed by atoms with Crippen LogP contribution in [0.1, 0.15) is 136 Å². The fraction of sp³-hybridized carbons (Fsp3) is 0.633. The SMILES string of the molecule is C[C@H]1CC[C@@]2(C)C(=CCC3C2CC[C@]2(C)C(c4cccnc4)=CCC32)C1.C[C@]12CC[C@H](O)CC1=CCC1C2CC[C@]2(C)C(c3cccnc3)=CCC12. The molecule has 0 aliphatic heterocycles. The van der Waals surface area contributed by atoms with Crippen LogP contribution in [-0.4, -0.2) is 21.2 Å². The van der Waals surface area contributed by atoms with Crippen LogP contribution in [0.5, 0.6) is 0 Å². The van der Waals surface area contributed by atoms with Gasteiger partial charge in [-0.25, -0.2) is 0 Å². The van der Waals surface area contributed by atoms with Crippen molar-refractivity contribution in [3.8, 4) is 0 Å². The molecule has 0 aromatic carbocycles. The zero-order chi connectivity index (χ0) is 35.9. The molecule has 52 heavy (non-hydrogen) atoms. The molecule has 8 aliphatic rings. The largest absolute Gasteiger partial charge is 0.393 e. The third kappa shape index (κ3) is 5.36. The second kappa shape index (κ2) is 12.9. The maximum Gasteiger partial charge on any atom is 0.0577 e. The molecule has 0 amide bonds. The molecule has 3 heteroatoms. The Kier molecular flexibility index (Phi) is 8.69. The van der Waals surface area contributed by atoms with Gasteiger partial charge < -0.3 is 5.11 Å². The van der Waals surface area contributed by atoms with Crippen LogP contribution >= 0.6 is 0 Å². The monoisotopic (exact) mass is 697 g/mol. The molecular weight excluding hydrogens is 633 g/mol. The van der Waals surface area contributed by atoms with E-state index in [0.717, 1.165) is 54.3 Å². The summed E-state index contributed by atoms with van der Waals surface area (Å²) in [5, 5.41) is 10.2. The summed E-state index contributed by atoms with van der Waals surface area (Å²) >= 11 is 0. The highest BCUT2D eigenvalue weighted by molar-refractivity contribution is 5.73. The van der Waals surface area contributed by atoms with Gasteiger partial charge in [0.1, 0.15) is 0 Å². The van der Waals surface area contributed by atoms with Gasteiger partial charge in [0.2, 0.25) is 0 Å². The van der Waals surface area contributed by atoms with Gasteiger partial charge in [-0.3, -0.25) is 9.97 Å². The summed E-state index contributed by atoms with van der Waals surface area (Å²) in [6, 6.07) is 8.67. The molecule has 0 spiro atoms. The minimum absolute atomic E-state index is 0.106. The van der Waals surface area contributed by atoms with Gasteiger partial charge >= 0.3 is 0 Å². The van der Waals surface area contributed by atoms with Gasteiger partial charge in [0.15, 0.2) is 0 Å². The second-order valence-electron chi connectivity index (χ2n) is 19.9. The Balaban J connectivity index is 0.000000138. The van der Waals surface area contributed by atoms with E-state index in [4.69, 9.17) is 0 Å². The van der Waals surface area contributed by atoms with Crippen molar-refractivity contribution in [2.45, 2.75) is 131 Å². The zero-order valence-corrected chi connectivity index (χ0v) is 32.8. The molecule has 276 valence electrons. The van der Waals surface area contributed by atoms with Crippen LogP contribution in [0.15, 0.2) is 84.5 Å². The van der Waals surface area contributed by atoms with Crippen molar-refractivity contribution in [2.75, 3.05) is 0 Å². The summed E-state index contributed by atoms with van der Waals surface area (Å²) in [4.78, 5) is 8.78. The molecule has 6 unspecified atom stereocenters. The molecule has 8 aliphatic carbocycles. The average Bonchev–Trinajstić information content (AvgIpc) is 3.70. The van der Waals surface area contributed by atoms with E-state index in [0.29, 0.717) is 21.7 Å². The predicted molar refractivity (Wildman–Crippen MR) is 214 cm³/mol. The first-order chi connectivity index (χ1) is 25.0. The molecule has 0 bridgehead atoms. The van der Waals surface area contributed by atoms with E-state index in [-0.39, 0.29) is 6.10 Å². The van der Waals surface area contributed by atoms with Gasteiger partial charge in [-0.05, 0) is 187 Å². The highest BCUT2D eigenvalue weighted by Gasteiger charge is 2.58. The summed E-state index contributed by atoms with van der Waals surface area (Å²) in [5.74, 6) is 5.86. The first kappa shape index (κ1) is 35.0. The number of pyridine rings is 2. The van der Waals surface area contributed by atoms with Gasteiger partial charge in [-0.2, -0.15) is 0 Å². The zero-order valence-electron chi connectivity index (χ0n) is 32.8. The maximum atomic E-state index is 10.2. The molecule has 2 heterocycles. The molecule has 1 N–H and O–H groups in total. The molecule has 12 atom stereocenters. The van der Waals surface area contributed by atoms with Crippen molar-refractivity contribution in [3.63, 3.8) is 0 Å². The minimum Gasteiger partial charge on any atom is -0.393 e. The Bertz CT molecular complexity index is 1660. The van der Waals surface area contributed by atoms with Crippen LogP contribution in [0.3, 0.4) is 0 Å². The van der Waals surface area contributed by atoms with Crippen molar-refractivity contribution in [1.29, 1.82) is 0 Å². The molecule has 10 rings (SSSR count). The van der Waals surface area contributed by atoms with Crippen molar-refractivity contribution >= 4 is 11.1 Å². The average molecular weight is 697 g/mol. The molecule has 4 saturated carbocycles. The van der Waals surface area contributed by atoms with Crippen LogP contribution in [0.4, 0.5) is 0 Å². The first-order valence-corrected chi connectivity index (χ1v) is 21.3. The van der Waals surface area contributed by atoms with Crippen LogP contribution in [0, 0.1) is 63.1 Å². The molecule has 2 aromatic heterocycles. The lowest BCUT2D eigenvalue weighted by Gasteiger charge is -2.58. The van der Waals surface area contributed by atoms with Crippen molar-refractivity contribution in [3.05, 3.63) is 95.6 Å². The summed E-state index contributed by atoms with van der Waals surface area (Å²) < 4.78 is 0. The fourth-order valence-corrected chi connectivity index (χ4v) is 14.6. The van der Waals surface area contributed by atoms with Gasteiger partial charge in [0.05, 0.1) is 6.10 Å². The number of nitrogens with zero attached hydrogens (tertiary/aromatic N) is 2. The second-order valence-corrected chi connectivity index (χ2v) is 19.9. The Hall–Kier alpha value is -2.78. The number of allylic oxidation sites excluding steroid dienone is 7. The molecule has 0 radical (unpaired) electrons. The van der Waals surface area contributed by atoms with Gasteiger partial charge in [-0.15, -0.1) is 0 Å². The molecule has 0 saturated heterocycles. The van der Waals surface area contributed by atoms with E-state index in [1.54, 1.807) is 16.7 Å². The van der Waals surface area contributed by atoms with E-state index >= 15 is 0 Å². The third-order valence-corrected chi connectivity index (χ3v) is 17.5. The standard InChI is InChI=1S/C25H33N.C24H31NO/c1-17-10-12-24(2)19(15-17)6-7-20-22-9-8-21(18-5-4-14-26-16-18)25(22,3)13-11-23(20)24;1-23-11-9-18(26)14-17(23)5-6-19-21-8-7-20(16-4-3-13-25-15-16)24(21,2)12-10-22(19)23/h4-6,8,14,16-17,20,22-23H,7,9-13,15H2,1-3H3;3-5,7,13,15,18-19,21-22,26H,6,8-12,14H2,1-2H3/t17-,20?,22?,23?,24-,25+;18-,19?,21?,22?,23-,24+/m00/s1. The van der Waals surface area contributed by atoms with E-state index in [2.05, 4.69) is 99.4 Å². The van der Waals surface area contributed by atoms with Crippen LogP contribution in [0.25, 0.3) is 11.1 Å². The number of aromatic nitrogens is 2. The smallest absolute Gasteiger partial charge is 0.0577 e. The molecule has 3 nitrogen and oxygen atoms in total. The molecule has 4 fully saturated rings. The lowest BCUT2D eigenvalue weighted by molar-refractivity contribution is -0.0238. The number of aliphatic hydroxyl groups is 1. The quantitative estimate of drug-likeness (QED) is 0.318. The van der Waals surface area contributed by atoms with Gasteiger partial charge in [-0.1, -0.05) is 82.2 Å². The lowest BCUT2D eigenvalue weighted by atomic mass is 9.47. The van der Waals surface area contributed by atoms with Crippen molar-refractivity contribution in [2.24, 2.45) is 63.1 Å². The number of rotatable bonds is 2. The van der Waals surface area contributed by atoms with E-state index in [1.165, 1.54) is 88.2 Å². The topological polar surface area (TPSA) is 46.0 Å². The van der Waals surface area contributed by atoms with Gasteiger partial charge in [0, 0.05) is 24.8 Å². The van der Waals surface area contributed by atoms with Crippen LogP contribution in [0.2, 0.25) is 0 Å². The third-order valence-electron chi connectivity index (χ3n) is 17.5. The number of hydrogen-bond acceptors (Lipinski definition) is 3. The van der Waals surface area contributed by atoms with Crippen LogP contribution in [-0.2, 0) is 0 Å². The summed E-state index contributed by atoms with van der Waals surface area (Å²) in [6.45, 7) is 12.7. The lowest BCUT2D eigenvalue weighted by Crippen LogP contribution is -2.49. The minimum atomic E-state index is -0.106. The maximum absolute atomic E-state index is 10.2. The van der Waals surface area contributed by atoms with E-state index < -0.39 is 0 Å². The Morgan fingerprint density at radius 2 is 1.04 bits per heavy atom. The number of hydrogen-bond donors (Lipinski definition) is 1. The van der Waals surface area contributed by atoms with Crippen molar-refractivity contribution < 1.29 is 5.11 Å². The van der Waals surface area contributed by atoms with Gasteiger partial charge in [0.25, 0.3) is 0 Å². The number of aliphatic hydroxyl groups excluding tert-OH is 1. The predicted octanol–water partition coefficient (Wildman–Crippen LogP) is 12.1. The van der Waals surface area contributed by atoms with Crippen molar-refractivity contribution in [1.82, 2.24) is 9.97 Å². The summed E-state index contributed by atoms with van der Waals surface area (Å²) in [7, 11) is 0. The number of fused-ring (bicyclic) bond motifs is 10. The first-order valence-electron chi connectivity index (χ1n) is 21.3. The highest BCUT2D eigenvalue weighted by Crippen LogP contribution is 2.68. The normalized spacial score (nSPS) is 44.4. The molecule has 2 aromatic rings. The highest BCUT2D eigenvalue weighted by atomic mass is 16.3.